The minimum absolute atomic E-state index is 0.174. The minimum Gasteiger partial charge on any atom is -0.223 e. The zero-order valence-electron chi connectivity index (χ0n) is 9.09. The highest BCUT2D eigenvalue weighted by Gasteiger charge is 2.28. The molecule has 1 fully saturated rings. The third kappa shape index (κ3) is 2.43. The molecule has 0 aliphatic heterocycles. The van der Waals surface area contributed by atoms with Crippen molar-refractivity contribution in [3.05, 3.63) is 24.3 Å². The number of benzene rings is 1. The van der Waals surface area contributed by atoms with Gasteiger partial charge in [-0.2, -0.15) is 0 Å². The summed E-state index contributed by atoms with van der Waals surface area (Å²) in [5.74, 6) is 0. The molecule has 0 amide bonds. The van der Waals surface area contributed by atoms with Crippen LogP contribution in [-0.4, -0.2) is 13.7 Å². The molecule has 4 heteroatoms. The van der Waals surface area contributed by atoms with Crippen LogP contribution in [0.1, 0.15) is 32.1 Å². The molecule has 0 aromatic heterocycles. The monoisotopic (exact) mass is 256 g/mol. The topological polar surface area (TPSA) is 34.1 Å². The van der Waals surface area contributed by atoms with E-state index in [1.807, 2.05) is 0 Å². The maximum atomic E-state index is 12.3. The van der Waals surface area contributed by atoms with Crippen LogP contribution in [0.25, 0.3) is 0 Å². The molecular weight excluding hydrogens is 240 g/mol. The predicted molar refractivity (Wildman–Crippen MR) is 67.8 cm³/mol. The molecule has 1 aromatic carbocycles. The minimum atomic E-state index is -3.11. The van der Waals surface area contributed by atoms with E-state index in [0.717, 1.165) is 30.6 Å². The molecule has 0 N–H and O–H groups in total. The number of sulfone groups is 1. The van der Waals surface area contributed by atoms with Gasteiger partial charge in [0.05, 0.1) is 10.1 Å². The molecule has 0 heterocycles. The summed E-state index contributed by atoms with van der Waals surface area (Å²) in [6, 6.07) is 6.79. The normalized spacial score (nSPS) is 18.6. The van der Waals surface area contributed by atoms with Crippen molar-refractivity contribution in [3.8, 4) is 0 Å². The molecule has 88 valence electrons. The van der Waals surface area contributed by atoms with Gasteiger partial charge >= 0.3 is 0 Å². The smallest absolute Gasteiger partial charge is 0.181 e. The number of rotatable bonds is 2. The van der Waals surface area contributed by atoms with Crippen LogP contribution < -0.4 is 0 Å². The van der Waals surface area contributed by atoms with E-state index in [1.165, 1.54) is 6.42 Å². The van der Waals surface area contributed by atoms with Crippen molar-refractivity contribution in [2.24, 2.45) is 0 Å². The van der Waals surface area contributed by atoms with E-state index in [9.17, 15) is 8.42 Å². The van der Waals surface area contributed by atoms with Gasteiger partial charge in [-0.05, 0) is 37.1 Å². The number of thiol groups is 1. The second-order valence-electron chi connectivity index (χ2n) is 4.30. The van der Waals surface area contributed by atoms with Crippen LogP contribution in [0.5, 0.6) is 0 Å². The highest BCUT2D eigenvalue weighted by molar-refractivity contribution is 7.92. The van der Waals surface area contributed by atoms with Gasteiger partial charge in [0.25, 0.3) is 0 Å². The fourth-order valence-corrected chi connectivity index (χ4v) is 4.21. The van der Waals surface area contributed by atoms with Crippen LogP contribution in [0.15, 0.2) is 34.1 Å². The fourth-order valence-electron chi connectivity index (χ4n) is 2.20. The first-order chi connectivity index (χ1) is 7.60. The molecule has 0 saturated heterocycles. The molecule has 1 aromatic rings. The maximum Gasteiger partial charge on any atom is 0.181 e. The summed E-state index contributed by atoms with van der Waals surface area (Å²) in [5.41, 5.74) is 0. The second kappa shape index (κ2) is 4.80. The molecule has 0 bridgehead atoms. The Balaban J connectivity index is 2.27. The van der Waals surface area contributed by atoms with E-state index >= 15 is 0 Å². The highest BCUT2D eigenvalue weighted by Crippen LogP contribution is 2.28. The van der Waals surface area contributed by atoms with Gasteiger partial charge < -0.3 is 0 Å². The summed E-state index contributed by atoms with van der Waals surface area (Å²) in [7, 11) is -3.11. The average Bonchev–Trinajstić information content (AvgIpc) is 2.31. The van der Waals surface area contributed by atoms with Crippen molar-refractivity contribution in [2.45, 2.75) is 47.1 Å². The lowest BCUT2D eigenvalue weighted by Crippen LogP contribution is -2.24. The maximum absolute atomic E-state index is 12.3. The molecule has 0 spiro atoms. The van der Waals surface area contributed by atoms with Crippen molar-refractivity contribution in [3.63, 3.8) is 0 Å². The summed E-state index contributed by atoms with van der Waals surface area (Å²) in [5, 5.41) is -0.174. The van der Waals surface area contributed by atoms with Gasteiger partial charge in [0.1, 0.15) is 0 Å². The quantitative estimate of drug-likeness (QED) is 0.825. The van der Waals surface area contributed by atoms with Crippen molar-refractivity contribution in [2.75, 3.05) is 0 Å². The van der Waals surface area contributed by atoms with Crippen molar-refractivity contribution in [1.29, 1.82) is 0 Å². The van der Waals surface area contributed by atoms with Crippen LogP contribution in [0, 0.1) is 0 Å². The number of hydrogen-bond donors (Lipinski definition) is 1. The van der Waals surface area contributed by atoms with Crippen LogP contribution in [0.2, 0.25) is 0 Å². The Bertz CT molecular complexity index is 442. The second-order valence-corrected chi connectivity index (χ2v) is 7.04. The van der Waals surface area contributed by atoms with Gasteiger partial charge in [0, 0.05) is 4.90 Å². The van der Waals surface area contributed by atoms with Gasteiger partial charge in [-0.25, -0.2) is 8.42 Å². The van der Waals surface area contributed by atoms with Crippen LogP contribution in [-0.2, 0) is 9.84 Å². The lowest BCUT2D eigenvalue weighted by atomic mass is 10.0. The molecule has 1 saturated carbocycles. The molecule has 0 unspecified atom stereocenters. The van der Waals surface area contributed by atoms with Gasteiger partial charge in [0.2, 0.25) is 0 Å². The van der Waals surface area contributed by atoms with E-state index < -0.39 is 9.84 Å². The zero-order valence-corrected chi connectivity index (χ0v) is 10.8. The Morgan fingerprint density at radius 1 is 1.00 bits per heavy atom. The van der Waals surface area contributed by atoms with E-state index in [4.69, 9.17) is 0 Å². The SMILES string of the molecule is O=S(=O)(c1ccc(S)cc1)C1CCCCC1. The Hall–Kier alpha value is -0.480. The molecule has 0 atom stereocenters. The van der Waals surface area contributed by atoms with Gasteiger partial charge in [-0.15, -0.1) is 12.6 Å². The Morgan fingerprint density at radius 3 is 2.12 bits per heavy atom. The molecule has 1 aliphatic rings. The van der Waals surface area contributed by atoms with Crippen LogP contribution in [0.3, 0.4) is 0 Å². The summed E-state index contributed by atoms with van der Waals surface area (Å²) in [4.78, 5) is 1.24. The lowest BCUT2D eigenvalue weighted by Gasteiger charge is -2.21. The third-order valence-corrected chi connectivity index (χ3v) is 5.73. The average molecular weight is 256 g/mol. The molecule has 0 radical (unpaired) electrons. The Labute approximate surface area is 102 Å². The highest BCUT2D eigenvalue weighted by atomic mass is 32.2. The van der Waals surface area contributed by atoms with Crippen molar-refractivity contribution >= 4 is 22.5 Å². The first kappa shape index (κ1) is 12.0. The molecular formula is C12H16O2S2. The van der Waals surface area contributed by atoms with Crippen LogP contribution >= 0.6 is 12.6 Å². The van der Waals surface area contributed by atoms with Gasteiger partial charge in [0.15, 0.2) is 9.84 Å². The van der Waals surface area contributed by atoms with Crippen molar-refractivity contribution in [1.82, 2.24) is 0 Å². The Morgan fingerprint density at radius 2 is 1.56 bits per heavy atom. The van der Waals surface area contributed by atoms with E-state index in [1.54, 1.807) is 24.3 Å². The largest absolute Gasteiger partial charge is 0.223 e. The molecule has 2 rings (SSSR count). The predicted octanol–water partition coefficient (Wildman–Crippen LogP) is 3.08. The van der Waals surface area contributed by atoms with Crippen molar-refractivity contribution < 1.29 is 8.42 Å². The van der Waals surface area contributed by atoms with Gasteiger partial charge in [-0.1, -0.05) is 19.3 Å². The van der Waals surface area contributed by atoms with Crippen LogP contribution in [0.4, 0.5) is 0 Å². The standard InChI is InChI=1S/C12H16O2S2/c13-16(14,11-4-2-1-3-5-11)12-8-6-10(15)7-9-12/h6-9,11,15H,1-5H2. The summed E-state index contributed by atoms with van der Waals surface area (Å²) < 4.78 is 24.5. The number of hydrogen-bond acceptors (Lipinski definition) is 3. The van der Waals surface area contributed by atoms with Gasteiger partial charge in [-0.3, -0.25) is 0 Å². The zero-order chi connectivity index (χ0) is 11.6. The van der Waals surface area contributed by atoms with E-state index in [2.05, 4.69) is 12.6 Å². The fraction of sp³-hybridized carbons (Fsp3) is 0.500. The first-order valence-electron chi connectivity index (χ1n) is 5.63. The molecule has 1 aliphatic carbocycles. The third-order valence-electron chi connectivity index (χ3n) is 3.16. The molecule has 16 heavy (non-hydrogen) atoms. The summed E-state index contributed by atoms with van der Waals surface area (Å²) >= 11 is 4.16. The lowest BCUT2D eigenvalue weighted by molar-refractivity contribution is 0.483. The summed E-state index contributed by atoms with van der Waals surface area (Å²) in [6.07, 6.45) is 4.86. The summed E-state index contributed by atoms with van der Waals surface area (Å²) in [6.45, 7) is 0. The Kier molecular flexibility index (Phi) is 3.60. The first-order valence-corrected chi connectivity index (χ1v) is 7.63. The molecule has 2 nitrogen and oxygen atoms in total. The van der Waals surface area contributed by atoms with E-state index in [0.29, 0.717) is 4.90 Å². The van der Waals surface area contributed by atoms with E-state index in [-0.39, 0.29) is 5.25 Å².